The van der Waals surface area contributed by atoms with Crippen LogP contribution >= 0.6 is 0 Å². The fourth-order valence-electron chi connectivity index (χ4n) is 2.72. The number of nitrogens with zero attached hydrogens (tertiary/aromatic N) is 3. The molecule has 0 aromatic heterocycles. The zero-order chi connectivity index (χ0) is 17.0. The molecule has 1 aliphatic heterocycles. The summed E-state index contributed by atoms with van der Waals surface area (Å²) in [5.41, 5.74) is 1.63. The van der Waals surface area contributed by atoms with Crippen LogP contribution in [0.5, 0.6) is 0 Å². The number of hydrogen-bond donors (Lipinski definition) is 1. The van der Waals surface area contributed by atoms with Gasteiger partial charge in [0.2, 0.25) is 5.91 Å². The van der Waals surface area contributed by atoms with Crippen molar-refractivity contribution in [1.29, 1.82) is 5.26 Å². The van der Waals surface area contributed by atoms with Gasteiger partial charge in [-0.3, -0.25) is 9.69 Å². The molecule has 0 bridgehead atoms. The van der Waals surface area contributed by atoms with Crippen LogP contribution in [0.1, 0.15) is 26.3 Å². The summed E-state index contributed by atoms with van der Waals surface area (Å²) in [4.78, 5) is 16.7. The highest BCUT2D eigenvalue weighted by molar-refractivity contribution is 5.79. The molecule has 1 aliphatic rings. The number of carbonyl (C=O) groups excluding carboxylic acids is 1. The van der Waals surface area contributed by atoms with Crippen LogP contribution in [0, 0.1) is 17.2 Å². The van der Waals surface area contributed by atoms with E-state index < -0.39 is 5.54 Å². The Balaban J connectivity index is 2.04. The molecule has 0 spiro atoms. The summed E-state index contributed by atoms with van der Waals surface area (Å²) in [6.07, 6.45) is 0. The van der Waals surface area contributed by atoms with E-state index in [1.807, 2.05) is 26.0 Å². The van der Waals surface area contributed by atoms with Crippen molar-refractivity contribution < 1.29 is 4.79 Å². The van der Waals surface area contributed by atoms with Crippen molar-refractivity contribution >= 4 is 11.6 Å². The van der Waals surface area contributed by atoms with Crippen molar-refractivity contribution in [3.63, 3.8) is 0 Å². The second kappa shape index (κ2) is 7.01. The Morgan fingerprint density at radius 3 is 2.74 bits per heavy atom. The lowest BCUT2D eigenvalue weighted by Crippen LogP contribution is -2.52. The second-order valence-electron chi connectivity index (χ2n) is 6.78. The predicted molar refractivity (Wildman–Crippen MR) is 92.0 cm³/mol. The SMILES string of the molecule is CC(C)C(C)(C#N)NC(=O)CN1CCN(C)c2ccccc2C1. The predicted octanol–water partition coefficient (Wildman–Crippen LogP) is 1.99. The molecule has 1 heterocycles. The molecule has 0 radical (unpaired) electrons. The maximum absolute atomic E-state index is 12.4. The summed E-state index contributed by atoms with van der Waals surface area (Å²) in [6.45, 7) is 8.43. The number of amides is 1. The van der Waals surface area contributed by atoms with Crippen molar-refractivity contribution in [3.05, 3.63) is 29.8 Å². The van der Waals surface area contributed by atoms with E-state index in [1.54, 1.807) is 6.92 Å². The number of carbonyl (C=O) groups is 1. The third-order valence-corrected chi connectivity index (χ3v) is 4.70. The summed E-state index contributed by atoms with van der Waals surface area (Å²) in [5.74, 6) is -0.0303. The molecule has 23 heavy (non-hydrogen) atoms. The van der Waals surface area contributed by atoms with Gasteiger partial charge in [0.1, 0.15) is 5.54 Å². The number of anilines is 1. The summed E-state index contributed by atoms with van der Waals surface area (Å²) in [7, 11) is 2.08. The van der Waals surface area contributed by atoms with Crippen LogP contribution in [-0.4, -0.2) is 43.0 Å². The molecular formula is C18H26N4O. The fraction of sp³-hybridized carbons (Fsp3) is 0.556. The van der Waals surface area contributed by atoms with E-state index >= 15 is 0 Å². The first-order chi connectivity index (χ1) is 10.9. The largest absolute Gasteiger partial charge is 0.373 e. The standard InChI is InChI=1S/C18H26N4O/c1-14(2)18(3,13-19)20-17(23)12-22-10-9-21(4)16-8-6-5-7-15(16)11-22/h5-8,14H,9-12H2,1-4H3,(H,20,23). The molecule has 1 aromatic carbocycles. The number of likely N-dealkylation sites (N-methyl/N-ethyl adjacent to an activating group) is 1. The molecule has 0 aliphatic carbocycles. The number of hydrogen-bond acceptors (Lipinski definition) is 4. The quantitative estimate of drug-likeness (QED) is 0.923. The van der Waals surface area contributed by atoms with Crippen molar-refractivity contribution in [2.24, 2.45) is 5.92 Å². The van der Waals surface area contributed by atoms with E-state index in [4.69, 9.17) is 0 Å². The Bertz CT molecular complexity index is 607. The van der Waals surface area contributed by atoms with Gasteiger partial charge in [-0.15, -0.1) is 0 Å². The first-order valence-electron chi connectivity index (χ1n) is 8.09. The average Bonchev–Trinajstić information content (AvgIpc) is 2.66. The number of benzene rings is 1. The molecule has 1 atom stereocenters. The Hall–Kier alpha value is -2.06. The topological polar surface area (TPSA) is 59.4 Å². The minimum Gasteiger partial charge on any atom is -0.373 e. The van der Waals surface area contributed by atoms with Gasteiger partial charge < -0.3 is 10.2 Å². The molecule has 1 unspecified atom stereocenters. The van der Waals surface area contributed by atoms with Gasteiger partial charge >= 0.3 is 0 Å². The monoisotopic (exact) mass is 314 g/mol. The lowest BCUT2D eigenvalue weighted by Gasteiger charge is -2.29. The normalized spacial score (nSPS) is 17.8. The van der Waals surface area contributed by atoms with E-state index in [0.29, 0.717) is 6.54 Å². The minimum absolute atomic E-state index is 0.0624. The van der Waals surface area contributed by atoms with Crippen LogP contribution < -0.4 is 10.2 Å². The van der Waals surface area contributed by atoms with E-state index in [1.165, 1.54) is 11.3 Å². The summed E-state index contributed by atoms with van der Waals surface area (Å²) in [5, 5.41) is 12.2. The summed E-state index contributed by atoms with van der Waals surface area (Å²) in [6, 6.07) is 10.5. The highest BCUT2D eigenvalue weighted by Gasteiger charge is 2.30. The molecule has 0 fully saturated rings. The zero-order valence-corrected chi connectivity index (χ0v) is 14.5. The van der Waals surface area contributed by atoms with E-state index in [9.17, 15) is 10.1 Å². The van der Waals surface area contributed by atoms with Gasteiger partial charge in [-0.25, -0.2) is 0 Å². The van der Waals surface area contributed by atoms with Crippen molar-refractivity contribution in [1.82, 2.24) is 10.2 Å². The highest BCUT2D eigenvalue weighted by atomic mass is 16.2. The van der Waals surface area contributed by atoms with Gasteiger partial charge in [-0.2, -0.15) is 5.26 Å². The van der Waals surface area contributed by atoms with Crippen LogP contribution in [0.2, 0.25) is 0 Å². The molecule has 2 rings (SSSR count). The third-order valence-electron chi connectivity index (χ3n) is 4.70. The van der Waals surface area contributed by atoms with Crippen LogP contribution in [0.15, 0.2) is 24.3 Å². The first kappa shape index (κ1) is 17.3. The van der Waals surface area contributed by atoms with Gasteiger partial charge in [-0.1, -0.05) is 32.0 Å². The molecule has 5 heteroatoms. The van der Waals surface area contributed by atoms with Crippen LogP contribution in [0.25, 0.3) is 0 Å². The Labute approximate surface area is 138 Å². The Kier molecular flexibility index (Phi) is 5.27. The van der Waals surface area contributed by atoms with Crippen LogP contribution in [-0.2, 0) is 11.3 Å². The Morgan fingerprint density at radius 1 is 1.39 bits per heavy atom. The van der Waals surface area contributed by atoms with Gasteiger partial charge in [-0.05, 0) is 24.5 Å². The van der Waals surface area contributed by atoms with Crippen LogP contribution in [0.4, 0.5) is 5.69 Å². The molecule has 5 nitrogen and oxygen atoms in total. The molecule has 124 valence electrons. The van der Waals surface area contributed by atoms with Gasteiger partial charge in [0.25, 0.3) is 0 Å². The highest BCUT2D eigenvalue weighted by Crippen LogP contribution is 2.23. The number of para-hydroxylation sites is 1. The van der Waals surface area contributed by atoms with Crippen molar-refractivity contribution in [3.8, 4) is 6.07 Å². The maximum atomic E-state index is 12.4. The van der Waals surface area contributed by atoms with E-state index in [0.717, 1.165) is 19.6 Å². The van der Waals surface area contributed by atoms with Crippen molar-refractivity contribution in [2.45, 2.75) is 32.9 Å². The Morgan fingerprint density at radius 2 is 2.09 bits per heavy atom. The first-order valence-corrected chi connectivity index (χ1v) is 8.09. The summed E-state index contributed by atoms with van der Waals surface area (Å²) < 4.78 is 0. The number of fused-ring (bicyclic) bond motifs is 1. The average molecular weight is 314 g/mol. The molecular weight excluding hydrogens is 288 g/mol. The van der Waals surface area contributed by atoms with Gasteiger partial charge in [0.15, 0.2) is 0 Å². The second-order valence-corrected chi connectivity index (χ2v) is 6.78. The minimum atomic E-state index is -0.822. The van der Waals surface area contributed by atoms with Crippen molar-refractivity contribution in [2.75, 3.05) is 31.6 Å². The summed E-state index contributed by atoms with van der Waals surface area (Å²) >= 11 is 0. The third kappa shape index (κ3) is 4.02. The lowest BCUT2D eigenvalue weighted by atomic mass is 9.90. The van der Waals surface area contributed by atoms with Gasteiger partial charge in [0, 0.05) is 32.4 Å². The zero-order valence-electron chi connectivity index (χ0n) is 14.5. The van der Waals surface area contributed by atoms with E-state index in [-0.39, 0.29) is 11.8 Å². The smallest absolute Gasteiger partial charge is 0.235 e. The van der Waals surface area contributed by atoms with Crippen LogP contribution in [0.3, 0.4) is 0 Å². The molecule has 0 saturated heterocycles. The maximum Gasteiger partial charge on any atom is 0.235 e. The number of rotatable bonds is 4. The molecule has 1 aromatic rings. The fourth-order valence-corrected chi connectivity index (χ4v) is 2.72. The molecule has 1 amide bonds. The number of nitriles is 1. The van der Waals surface area contributed by atoms with E-state index in [2.05, 4.69) is 40.4 Å². The molecule has 0 saturated carbocycles. The number of nitrogens with one attached hydrogen (secondary N) is 1. The molecule has 1 N–H and O–H groups in total. The van der Waals surface area contributed by atoms with Gasteiger partial charge in [0.05, 0.1) is 12.6 Å². The lowest BCUT2D eigenvalue weighted by molar-refractivity contribution is -0.124.